The number of aryl methyl sites for hydroxylation is 1. The number of anilines is 1. The van der Waals surface area contributed by atoms with Crippen molar-refractivity contribution >= 4 is 21.6 Å². The molecule has 0 aliphatic carbocycles. The molecular formula is C22H30N2O5S. The van der Waals surface area contributed by atoms with Gasteiger partial charge in [-0.15, -0.1) is 0 Å². The lowest BCUT2D eigenvalue weighted by atomic mass is 10.1. The number of carbonyl (C=O) groups excluding carboxylic acids is 1. The van der Waals surface area contributed by atoms with Crippen LogP contribution in [0.3, 0.4) is 0 Å². The van der Waals surface area contributed by atoms with E-state index in [1.165, 1.54) is 36.2 Å². The molecule has 1 atom stereocenters. The van der Waals surface area contributed by atoms with Crippen LogP contribution in [0.25, 0.3) is 0 Å². The lowest BCUT2D eigenvalue weighted by Crippen LogP contribution is -2.36. The van der Waals surface area contributed by atoms with E-state index in [0.717, 1.165) is 19.1 Å². The maximum absolute atomic E-state index is 13.1. The van der Waals surface area contributed by atoms with Gasteiger partial charge in [0.05, 0.1) is 31.7 Å². The molecule has 0 aliphatic rings. The number of amides is 1. The molecule has 8 heteroatoms. The number of nitrogens with one attached hydrogen (secondary N) is 1. The summed E-state index contributed by atoms with van der Waals surface area (Å²) in [6.07, 6.45) is 2.69. The van der Waals surface area contributed by atoms with Gasteiger partial charge in [0.2, 0.25) is 10.0 Å². The van der Waals surface area contributed by atoms with Crippen molar-refractivity contribution < 1.29 is 22.7 Å². The van der Waals surface area contributed by atoms with Crippen LogP contribution in [0.2, 0.25) is 0 Å². The first-order chi connectivity index (χ1) is 14.2. The molecule has 0 radical (unpaired) electrons. The van der Waals surface area contributed by atoms with Crippen LogP contribution in [0.1, 0.15) is 36.2 Å². The number of nitrogens with zero attached hydrogens (tertiary/aromatic N) is 1. The van der Waals surface area contributed by atoms with E-state index in [1.807, 2.05) is 37.3 Å². The van der Waals surface area contributed by atoms with Crippen molar-refractivity contribution in [3.63, 3.8) is 0 Å². The van der Waals surface area contributed by atoms with Gasteiger partial charge in [-0.2, -0.15) is 0 Å². The van der Waals surface area contributed by atoms with Gasteiger partial charge in [-0.05, 0) is 38.3 Å². The summed E-state index contributed by atoms with van der Waals surface area (Å²) in [7, 11) is -0.656. The first-order valence-corrected chi connectivity index (χ1v) is 11.6. The maximum atomic E-state index is 13.1. The predicted molar refractivity (Wildman–Crippen MR) is 119 cm³/mol. The smallest absolute Gasteiger partial charge is 0.253 e. The summed E-state index contributed by atoms with van der Waals surface area (Å²) in [4.78, 5) is 13.1. The Morgan fingerprint density at radius 2 is 1.70 bits per heavy atom. The number of methoxy groups -OCH3 is 2. The number of sulfonamides is 1. The summed E-state index contributed by atoms with van der Waals surface area (Å²) in [5, 5.41) is 2.97. The van der Waals surface area contributed by atoms with E-state index >= 15 is 0 Å². The fourth-order valence-corrected chi connectivity index (χ4v) is 4.22. The number of benzene rings is 2. The molecule has 2 aromatic carbocycles. The Morgan fingerprint density at radius 3 is 2.23 bits per heavy atom. The molecule has 7 nitrogen and oxygen atoms in total. The largest absolute Gasteiger partial charge is 0.493 e. The lowest BCUT2D eigenvalue weighted by molar-refractivity contribution is 0.0938. The number of hydrogen-bond donors (Lipinski definition) is 1. The molecule has 0 aromatic heterocycles. The second-order valence-corrected chi connectivity index (χ2v) is 8.96. The molecule has 0 saturated heterocycles. The SMILES string of the molecule is CCN(c1cc(OC)c(OC)cc1C(=O)N[C@@H](C)CCc1ccccc1)S(C)(=O)=O. The zero-order valence-electron chi connectivity index (χ0n) is 18.1. The summed E-state index contributed by atoms with van der Waals surface area (Å²) in [6.45, 7) is 3.81. The summed E-state index contributed by atoms with van der Waals surface area (Å²) < 4.78 is 36.4. The first-order valence-electron chi connectivity index (χ1n) is 9.79. The van der Waals surface area contributed by atoms with Crippen molar-refractivity contribution in [2.24, 2.45) is 0 Å². The summed E-state index contributed by atoms with van der Waals surface area (Å²) in [5.41, 5.74) is 1.66. The second-order valence-electron chi connectivity index (χ2n) is 7.05. The van der Waals surface area contributed by atoms with E-state index in [2.05, 4.69) is 5.32 Å². The van der Waals surface area contributed by atoms with Crippen LogP contribution in [0, 0.1) is 0 Å². The minimum atomic E-state index is -3.59. The van der Waals surface area contributed by atoms with Crippen molar-refractivity contribution in [1.82, 2.24) is 5.32 Å². The molecule has 2 aromatic rings. The zero-order valence-corrected chi connectivity index (χ0v) is 19.0. The molecule has 0 bridgehead atoms. The van der Waals surface area contributed by atoms with Crippen LogP contribution in [-0.2, 0) is 16.4 Å². The molecule has 1 N–H and O–H groups in total. The fourth-order valence-electron chi connectivity index (χ4n) is 3.24. The molecule has 30 heavy (non-hydrogen) atoms. The Kier molecular flexibility index (Phi) is 8.11. The van der Waals surface area contributed by atoms with E-state index in [-0.39, 0.29) is 29.7 Å². The number of rotatable bonds is 10. The van der Waals surface area contributed by atoms with Crippen molar-refractivity contribution in [2.75, 3.05) is 31.3 Å². The van der Waals surface area contributed by atoms with Gasteiger partial charge in [0.15, 0.2) is 11.5 Å². The Balaban J connectivity index is 2.31. The molecule has 0 aliphatic heterocycles. The van der Waals surface area contributed by atoms with Crippen molar-refractivity contribution in [3.8, 4) is 11.5 Å². The molecule has 1 amide bonds. The third-order valence-corrected chi connectivity index (χ3v) is 6.04. The maximum Gasteiger partial charge on any atom is 0.253 e. The summed E-state index contributed by atoms with van der Waals surface area (Å²) in [5.74, 6) is 0.338. The van der Waals surface area contributed by atoms with Crippen LogP contribution in [0.4, 0.5) is 5.69 Å². The van der Waals surface area contributed by atoms with E-state index in [0.29, 0.717) is 11.5 Å². The second kappa shape index (κ2) is 10.3. The van der Waals surface area contributed by atoms with Crippen LogP contribution < -0.4 is 19.1 Å². The van der Waals surface area contributed by atoms with Crippen molar-refractivity contribution in [2.45, 2.75) is 32.7 Å². The predicted octanol–water partition coefficient (Wildman–Crippen LogP) is 3.24. The Bertz CT molecular complexity index is 961. The van der Waals surface area contributed by atoms with Crippen LogP contribution in [-0.4, -0.2) is 47.4 Å². The van der Waals surface area contributed by atoms with Gasteiger partial charge in [0.25, 0.3) is 5.91 Å². The van der Waals surface area contributed by atoms with E-state index in [9.17, 15) is 13.2 Å². The van der Waals surface area contributed by atoms with E-state index < -0.39 is 10.0 Å². The summed E-state index contributed by atoms with van der Waals surface area (Å²) >= 11 is 0. The Hall–Kier alpha value is -2.74. The monoisotopic (exact) mass is 434 g/mol. The lowest BCUT2D eigenvalue weighted by Gasteiger charge is -2.25. The Labute approximate surface area is 179 Å². The van der Waals surface area contributed by atoms with Gasteiger partial charge < -0.3 is 14.8 Å². The molecule has 0 saturated carbocycles. The number of ether oxygens (including phenoxy) is 2. The highest BCUT2D eigenvalue weighted by atomic mass is 32.2. The minimum Gasteiger partial charge on any atom is -0.493 e. The minimum absolute atomic E-state index is 0.105. The summed E-state index contributed by atoms with van der Waals surface area (Å²) in [6, 6.07) is 13.0. The van der Waals surface area contributed by atoms with Gasteiger partial charge in [0, 0.05) is 18.7 Å². The molecule has 0 spiro atoms. The van der Waals surface area contributed by atoms with Crippen LogP contribution in [0.5, 0.6) is 11.5 Å². The van der Waals surface area contributed by atoms with E-state index in [4.69, 9.17) is 9.47 Å². The average Bonchev–Trinajstić information content (AvgIpc) is 2.72. The number of hydrogen-bond acceptors (Lipinski definition) is 5. The van der Waals surface area contributed by atoms with Gasteiger partial charge in [-0.1, -0.05) is 30.3 Å². The van der Waals surface area contributed by atoms with E-state index in [1.54, 1.807) is 6.92 Å². The molecule has 0 heterocycles. The van der Waals surface area contributed by atoms with Gasteiger partial charge >= 0.3 is 0 Å². The highest BCUT2D eigenvalue weighted by Gasteiger charge is 2.25. The molecule has 0 fully saturated rings. The van der Waals surface area contributed by atoms with Crippen LogP contribution >= 0.6 is 0 Å². The van der Waals surface area contributed by atoms with Gasteiger partial charge in [0.1, 0.15) is 0 Å². The van der Waals surface area contributed by atoms with Crippen molar-refractivity contribution in [1.29, 1.82) is 0 Å². The molecule has 0 unspecified atom stereocenters. The molecule has 164 valence electrons. The third-order valence-electron chi connectivity index (χ3n) is 4.79. The molecular weight excluding hydrogens is 404 g/mol. The number of carbonyl (C=O) groups is 1. The van der Waals surface area contributed by atoms with Crippen LogP contribution in [0.15, 0.2) is 42.5 Å². The fraction of sp³-hybridized carbons (Fsp3) is 0.409. The standard InChI is InChI=1S/C22H30N2O5S/c1-6-24(30(5,26)27)19-15-21(29-4)20(28-3)14-18(19)22(25)23-16(2)12-13-17-10-8-7-9-11-17/h7-11,14-16H,6,12-13H2,1-5H3,(H,23,25)/t16-/m0/s1. The Morgan fingerprint density at radius 1 is 1.10 bits per heavy atom. The highest BCUT2D eigenvalue weighted by Crippen LogP contribution is 2.36. The van der Waals surface area contributed by atoms with Gasteiger partial charge in [-0.25, -0.2) is 8.42 Å². The zero-order chi connectivity index (χ0) is 22.3. The molecule has 2 rings (SSSR count). The quantitative estimate of drug-likeness (QED) is 0.621. The topological polar surface area (TPSA) is 84.9 Å². The third kappa shape index (κ3) is 5.89. The first kappa shape index (κ1) is 23.5. The van der Waals surface area contributed by atoms with Crippen molar-refractivity contribution in [3.05, 3.63) is 53.6 Å². The average molecular weight is 435 g/mol. The normalized spacial score (nSPS) is 12.2. The highest BCUT2D eigenvalue weighted by molar-refractivity contribution is 7.92. The van der Waals surface area contributed by atoms with Gasteiger partial charge in [-0.3, -0.25) is 9.10 Å².